The van der Waals surface area contributed by atoms with Gasteiger partial charge in [0.15, 0.2) is 11.5 Å². The van der Waals surface area contributed by atoms with Gasteiger partial charge in [-0.2, -0.15) is 0 Å². The van der Waals surface area contributed by atoms with Crippen molar-refractivity contribution in [3.05, 3.63) is 59.7 Å². The molecule has 0 saturated carbocycles. The number of nitrogens with one attached hydrogen (secondary N) is 1. The lowest BCUT2D eigenvalue weighted by atomic mass is 9.93. The number of fused-ring (bicyclic) bond motifs is 1. The molecule has 1 amide bonds. The molecule has 0 aromatic heterocycles. The molecule has 4 heteroatoms. The van der Waals surface area contributed by atoms with E-state index in [1.807, 2.05) is 48.5 Å². The van der Waals surface area contributed by atoms with E-state index in [0.29, 0.717) is 6.54 Å². The Bertz CT molecular complexity index is 670. The van der Waals surface area contributed by atoms with Gasteiger partial charge >= 0.3 is 0 Å². The van der Waals surface area contributed by atoms with Crippen LogP contribution in [0.25, 0.3) is 0 Å². The van der Waals surface area contributed by atoms with Gasteiger partial charge in [-0.25, -0.2) is 0 Å². The molecule has 120 valence electrons. The van der Waals surface area contributed by atoms with E-state index >= 15 is 0 Å². The van der Waals surface area contributed by atoms with E-state index in [2.05, 4.69) is 12.2 Å². The van der Waals surface area contributed by atoms with Crippen molar-refractivity contribution in [2.75, 3.05) is 6.79 Å². The Morgan fingerprint density at radius 2 is 1.91 bits per heavy atom. The highest BCUT2D eigenvalue weighted by Crippen LogP contribution is 2.32. The van der Waals surface area contributed by atoms with E-state index in [1.54, 1.807) is 0 Å². The lowest BCUT2D eigenvalue weighted by molar-refractivity contribution is -0.122. The number of hydrogen-bond donors (Lipinski definition) is 1. The van der Waals surface area contributed by atoms with Crippen molar-refractivity contribution in [1.29, 1.82) is 0 Å². The molecule has 0 bridgehead atoms. The number of ether oxygens (including phenoxy) is 2. The highest BCUT2D eigenvalue weighted by atomic mass is 16.7. The quantitative estimate of drug-likeness (QED) is 0.886. The zero-order valence-corrected chi connectivity index (χ0v) is 13.2. The van der Waals surface area contributed by atoms with Crippen molar-refractivity contribution >= 4 is 5.91 Å². The Kier molecular flexibility index (Phi) is 4.81. The van der Waals surface area contributed by atoms with Gasteiger partial charge in [0.2, 0.25) is 12.7 Å². The summed E-state index contributed by atoms with van der Waals surface area (Å²) >= 11 is 0. The third kappa shape index (κ3) is 3.65. The number of benzene rings is 2. The third-order valence-corrected chi connectivity index (χ3v) is 4.00. The zero-order valence-electron chi connectivity index (χ0n) is 13.2. The number of rotatable bonds is 6. The Morgan fingerprint density at radius 1 is 1.13 bits per heavy atom. The lowest BCUT2D eigenvalue weighted by Crippen LogP contribution is -2.29. The van der Waals surface area contributed by atoms with Crippen LogP contribution in [0.5, 0.6) is 11.5 Å². The summed E-state index contributed by atoms with van der Waals surface area (Å²) in [6.45, 7) is 2.85. The Morgan fingerprint density at radius 3 is 2.70 bits per heavy atom. The van der Waals surface area contributed by atoms with E-state index in [1.165, 1.54) is 0 Å². The molecule has 0 saturated heterocycles. The maximum atomic E-state index is 12.6. The van der Waals surface area contributed by atoms with Crippen LogP contribution >= 0.6 is 0 Å². The second kappa shape index (κ2) is 7.18. The van der Waals surface area contributed by atoms with E-state index in [0.717, 1.165) is 35.5 Å². The van der Waals surface area contributed by atoms with Crippen molar-refractivity contribution in [3.8, 4) is 11.5 Å². The summed E-state index contributed by atoms with van der Waals surface area (Å²) < 4.78 is 10.7. The monoisotopic (exact) mass is 311 g/mol. The van der Waals surface area contributed by atoms with Crippen LogP contribution in [0, 0.1) is 0 Å². The van der Waals surface area contributed by atoms with Gasteiger partial charge < -0.3 is 14.8 Å². The van der Waals surface area contributed by atoms with Crippen molar-refractivity contribution in [3.63, 3.8) is 0 Å². The van der Waals surface area contributed by atoms with Crippen molar-refractivity contribution in [2.24, 2.45) is 0 Å². The number of carbonyl (C=O) groups excluding carboxylic acids is 1. The van der Waals surface area contributed by atoms with E-state index in [4.69, 9.17) is 9.47 Å². The molecule has 1 N–H and O–H groups in total. The highest BCUT2D eigenvalue weighted by molar-refractivity contribution is 5.83. The van der Waals surface area contributed by atoms with Crippen molar-refractivity contribution in [2.45, 2.75) is 32.2 Å². The van der Waals surface area contributed by atoms with Crippen molar-refractivity contribution in [1.82, 2.24) is 5.32 Å². The molecule has 2 aromatic rings. The summed E-state index contributed by atoms with van der Waals surface area (Å²) in [5.41, 5.74) is 2.07. The SMILES string of the molecule is CCCC(C(=O)NCc1ccc2c(c1)OCO2)c1ccccc1. The molecule has 1 unspecified atom stereocenters. The van der Waals surface area contributed by atoms with Gasteiger partial charge in [0, 0.05) is 6.54 Å². The fraction of sp³-hybridized carbons (Fsp3) is 0.316. The molecule has 2 aromatic carbocycles. The molecule has 0 radical (unpaired) electrons. The Labute approximate surface area is 136 Å². The fourth-order valence-corrected chi connectivity index (χ4v) is 2.79. The summed E-state index contributed by atoms with van der Waals surface area (Å²) in [7, 11) is 0. The minimum atomic E-state index is -0.102. The molecule has 0 spiro atoms. The van der Waals surface area contributed by atoms with Crippen LogP contribution in [0.15, 0.2) is 48.5 Å². The smallest absolute Gasteiger partial charge is 0.231 e. The van der Waals surface area contributed by atoms with Gasteiger partial charge in [-0.15, -0.1) is 0 Å². The highest BCUT2D eigenvalue weighted by Gasteiger charge is 2.19. The van der Waals surface area contributed by atoms with Crippen LogP contribution < -0.4 is 14.8 Å². The maximum Gasteiger partial charge on any atom is 0.231 e. The first-order valence-electron chi connectivity index (χ1n) is 7.99. The molecular weight excluding hydrogens is 290 g/mol. The number of carbonyl (C=O) groups is 1. The first-order chi connectivity index (χ1) is 11.3. The minimum absolute atomic E-state index is 0.0655. The first-order valence-corrected chi connectivity index (χ1v) is 7.99. The Balaban J connectivity index is 1.65. The number of hydrogen-bond acceptors (Lipinski definition) is 3. The summed E-state index contributed by atoms with van der Waals surface area (Å²) in [6.07, 6.45) is 1.81. The molecule has 23 heavy (non-hydrogen) atoms. The molecular formula is C19H21NO3. The van der Waals surface area contributed by atoms with Gasteiger partial charge in [-0.3, -0.25) is 4.79 Å². The third-order valence-electron chi connectivity index (χ3n) is 4.00. The summed E-state index contributed by atoms with van der Waals surface area (Å²) in [6, 6.07) is 15.7. The van der Waals surface area contributed by atoms with Crippen LogP contribution in [0.1, 0.15) is 36.8 Å². The molecule has 0 fully saturated rings. The van der Waals surface area contributed by atoms with Crippen LogP contribution in [0.2, 0.25) is 0 Å². The molecule has 3 rings (SSSR count). The van der Waals surface area contributed by atoms with Crippen molar-refractivity contribution < 1.29 is 14.3 Å². The van der Waals surface area contributed by atoms with Gasteiger partial charge in [0.05, 0.1) is 5.92 Å². The predicted octanol–water partition coefficient (Wildman–Crippen LogP) is 3.62. The van der Waals surface area contributed by atoms with Gasteiger partial charge in [0.25, 0.3) is 0 Å². The second-order valence-electron chi connectivity index (χ2n) is 5.66. The van der Waals surface area contributed by atoms with Crippen LogP contribution in [0.3, 0.4) is 0 Å². The summed E-state index contributed by atoms with van der Waals surface area (Å²) in [5, 5.41) is 3.04. The minimum Gasteiger partial charge on any atom is -0.454 e. The molecule has 1 atom stereocenters. The molecule has 0 aliphatic carbocycles. The molecule has 1 aliphatic rings. The largest absolute Gasteiger partial charge is 0.454 e. The summed E-state index contributed by atoms with van der Waals surface area (Å²) in [5.74, 6) is 1.46. The van der Waals surface area contributed by atoms with Crippen LogP contribution in [0.4, 0.5) is 0 Å². The van der Waals surface area contributed by atoms with E-state index in [9.17, 15) is 4.79 Å². The predicted molar refractivity (Wildman–Crippen MR) is 88.5 cm³/mol. The van der Waals surface area contributed by atoms with Crippen LogP contribution in [-0.4, -0.2) is 12.7 Å². The molecule has 4 nitrogen and oxygen atoms in total. The van der Waals surface area contributed by atoms with Gasteiger partial charge in [-0.05, 0) is 29.7 Å². The first kappa shape index (κ1) is 15.4. The average Bonchev–Trinajstić information content (AvgIpc) is 3.06. The topological polar surface area (TPSA) is 47.6 Å². The average molecular weight is 311 g/mol. The van der Waals surface area contributed by atoms with Gasteiger partial charge in [-0.1, -0.05) is 49.7 Å². The van der Waals surface area contributed by atoms with E-state index in [-0.39, 0.29) is 18.6 Å². The fourth-order valence-electron chi connectivity index (χ4n) is 2.79. The lowest BCUT2D eigenvalue weighted by Gasteiger charge is -2.16. The number of amides is 1. The Hall–Kier alpha value is -2.49. The summed E-state index contributed by atoms with van der Waals surface area (Å²) in [4.78, 5) is 12.6. The normalized spacial score (nSPS) is 13.6. The standard InChI is InChI=1S/C19H21NO3/c1-2-6-16(15-7-4-3-5-8-15)19(21)20-12-14-9-10-17-18(11-14)23-13-22-17/h3-5,7-11,16H,2,6,12-13H2,1H3,(H,20,21). The molecule has 1 heterocycles. The van der Waals surface area contributed by atoms with Crippen LogP contribution in [-0.2, 0) is 11.3 Å². The zero-order chi connectivity index (χ0) is 16.1. The van der Waals surface area contributed by atoms with Gasteiger partial charge in [0.1, 0.15) is 0 Å². The molecule has 1 aliphatic heterocycles. The van der Waals surface area contributed by atoms with E-state index < -0.39 is 0 Å². The maximum absolute atomic E-state index is 12.6. The second-order valence-corrected chi connectivity index (χ2v) is 5.66.